The zero-order valence-corrected chi connectivity index (χ0v) is 19.5. The molecule has 2 aliphatic heterocycles. The van der Waals surface area contributed by atoms with E-state index in [4.69, 9.17) is 26.1 Å². The zero-order valence-electron chi connectivity index (χ0n) is 18.8. The third-order valence-corrected chi connectivity index (χ3v) is 6.56. The smallest absolute Gasteiger partial charge is 0.343 e. The Labute approximate surface area is 202 Å². The molecule has 3 aromatic rings. The number of aromatic nitrogens is 2. The minimum atomic E-state index is -0.576. The summed E-state index contributed by atoms with van der Waals surface area (Å²) in [4.78, 5) is 36.7. The number of nitrogens with zero attached hydrogens (tertiary/aromatic N) is 3. The molecule has 0 unspecified atom stereocenters. The van der Waals surface area contributed by atoms with Crippen LogP contribution in [0.5, 0.6) is 5.75 Å². The number of benzene rings is 2. The van der Waals surface area contributed by atoms with E-state index in [1.165, 1.54) is 6.20 Å². The quantitative estimate of drug-likeness (QED) is 0.490. The lowest BCUT2D eigenvalue weighted by Crippen LogP contribution is -2.51. The van der Waals surface area contributed by atoms with Gasteiger partial charge in [-0.15, -0.1) is 0 Å². The van der Waals surface area contributed by atoms with Crippen LogP contribution < -0.4 is 9.64 Å². The van der Waals surface area contributed by atoms with Crippen LogP contribution in [0.3, 0.4) is 0 Å². The van der Waals surface area contributed by atoms with E-state index in [0.29, 0.717) is 65.9 Å². The number of esters is 1. The topological polar surface area (TPSA) is 81.6 Å². The van der Waals surface area contributed by atoms with Crippen LogP contribution >= 0.6 is 11.6 Å². The molecule has 0 aliphatic carbocycles. The Morgan fingerprint density at radius 2 is 1.94 bits per heavy atom. The van der Waals surface area contributed by atoms with Crippen molar-refractivity contribution >= 4 is 29.2 Å². The Morgan fingerprint density at radius 1 is 1.18 bits per heavy atom. The average Bonchev–Trinajstić information content (AvgIpc) is 2.85. The van der Waals surface area contributed by atoms with Gasteiger partial charge in [0.15, 0.2) is 11.6 Å². The lowest BCUT2D eigenvalue weighted by Gasteiger charge is -2.44. The number of rotatable bonds is 4. The van der Waals surface area contributed by atoms with Gasteiger partial charge in [0.2, 0.25) is 0 Å². The molecule has 34 heavy (non-hydrogen) atoms. The molecule has 0 bridgehead atoms. The van der Waals surface area contributed by atoms with E-state index in [1.807, 2.05) is 30.3 Å². The van der Waals surface area contributed by atoms with Crippen LogP contribution in [0.4, 0.5) is 5.82 Å². The van der Waals surface area contributed by atoms with E-state index in [1.54, 1.807) is 25.1 Å². The fourth-order valence-electron chi connectivity index (χ4n) is 4.56. The second-order valence-corrected chi connectivity index (χ2v) is 8.97. The zero-order chi connectivity index (χ0) is 23.7. The fourth-order valence-corrected chi connectivity index (χ4v) is 4.74. The molecule has 1 spiro atoms. The Kier molecular flexibility index (Phi) is 5.96. The number of carbonyl (C=O) groups is 2. The predicted molar refractivity (Wildman–Crippen MR) is 129 cm³/mol. The first-order valence-corrected chi connectivity index (χ1v) is 11.7. The number of piperidine rings is 1. The lowest BCUT2D eigenvalue weighted by molar-refractivity contribution is 0.0231. The predicted octanol–water partition coefficient (Wildman–Crippen LogP) is 4.98. The summed E-state index contributed by atoms with van der Waals surface area (Å²) >= 11 is 6.06. The SMILES string of the molecule is CCOC(=O)c1cnc(-c2ccccc2)nc1N1CCC2(CC1)CC(=O)c1cc(Cl)ccc1O2. The van der Waals surface area contributed by atoms with Crippen molar-refractivity contribution in [1.82, 2.24) is 9.97 Å². The molecule has 2 aliphatic rings. The molecule has 2 aromatic carbocycles. The first kappa shape index (κ1) is 22.3. The number of fused-ring (bicyclic) bond motifs is 1. The van der Waals surface area contributed by atoms with Crippen LogP contribution in [0.1, 0.15) is 46.9 Å². The van der Waals surface area contributed by atoms with E-state index in [0.717, 1.165) is 5.56 Å². The summed E-state index contributed by atoms with van der Waals surface area (Å²) in [6.45, 7) is 3.19. The van der Waals surface area contributed by atoms with Gasteiger partial charge in [0.1, 0.15) is 22.7 Å². The number of ether oxygens (including phenoxy) is 2. The van der Waals surface area contributed by atoms with Gasteiger partial charge < -0.3 is 14.4 Å². The Morgan fingerprint density at radius 3 is 2.68 bits per heavy atom. The highest BCUT2D eigenvalue weighted by molar-refractivity contribution is 6.31. The molecule has 7 nitrogen and oxygen atoms in total. The van der Waals surface area contributed by atoms with Crippen molar-refractivity contribution in [2.45, 2.75) is 31.8 Å². The number of hydrogen-bond donors (Lipinski definition) is 0. The first-order valence-electron chi connectivity index (χ1n) is 11.3. The van der Waals surface area contributed by atoms with E-state index >= 15 is 0 Å². The van der Waals surface area contributed by atoms with E-state index in [9.17, 15) is 9.59 Å². The fraction of sp³-hybridized carbons (Fsp3) is 0.308. The van der Waals surface area contributed by atoms with Crippen molar-refractivity contribution < 1.29 is 19.1 Å². The highest BCUT2D eigenvalue weighted by Gasteiger charge is 2.43. The number of halogens is 1. The summed E-state index contributed by atoms with van der Waals surface area (Å²) < 4.78 is 11.6. The minimum absolute atomic E-state index is 0.0396. The molecule has 0 amide bonds. The Bertz CT molecular complexity index is 1240. The molecule has 8 heteroatoms. The third kappa shape index (κ3) is 4.23. The van der Waals surface area contributed by atoms with Crippen LogP contribution in [0.25, 0.3) is 11.4 Å². The van der Waals surface area contributed by atoms with Crippen molar-refractivity contribution in [2.24, 2.45) is 0 Å². The van der Waals surface area contributed by atoms with Gasteiger partial charge in [-0.25, -0.2) is 14.8 Å². The van der Waals surface area contributed by atoms with Crippen LogP contribution in [0, 0.1) is 0 Å². The number of hydrogen-bond acceptors (Lipinski definition) is 7. The van der Waals surface area contributed by atoms with Crippen molar-refractivity contribution in [3.63, 3.8) is 0 Å². The second-order valence-electron chi connectivity index (χ2n) is 8.53. The maximum Gasteiger partial charge on any atom is 0.343 e. The standard InChI is InChI=1S/C26H24ClN3O4/c1-2-33-25(32)20-16-28-23(17-6-4-3-5-7-17)29-24(20)30-12-10-26(11-13-30)15-21(31)19-14-18(27)8-9-22(19)34-26/h3-9,14,16H,2,10-13,15H2,1H3. The van der Waals surface area contributed by atoms with Crippen molar-refractivity contribution in [3.05, 3.63) is 70.9 Å². The minimum Gasteiger partial charge on any atom is -0.486 e. The van der Waals surface area contributed by atoms with Gasteiger partial charge in [0.25, 0.3) is 0 Å². The molecule has 0 N–H and O–H groups in total. The molecule has 174 valence electrons. The summed E-state index contributed by atoms with van der Waals surface area (Å²) in [6.07, 6.45) is 3.08. The average molecular weight is 478 g/mol. The van der Waals surface area contributed by atoms with Crippen LogP contribution in [0.2, 0.25) is 5.02 Å². The van der Waals surface area contributed by atoms with E-state index in [-0.39, 0.29) is 12.4 Å². The van der Waals surface area contributed by atoms with Crippen LogP contribution in [0.15, 0.2) is 54.7 Å². The first-order chi connectivity index (χ1) is 16.5. The summed E-state index contributed by atoms with van der Waals surface area (Å²) in [7, 11) is 0. The Hall–Kier alpha value is -3.45. The van der Waals surface area contributed by atoms with Gasteiger partial charge in [-0.3, -0.25) is 4.79 Å². The molecule has 0 radical (unpaired) electrons. The Balaban J connectivity index is 1.42. The van der Waals surface area contributed by atoms with Gasteiger partial charge in [-0.2, -0.15) is 0 Å². The highest BCUT2D eigenvalue weighted by Crippen LogP contribution is 2.41. The lowest BCUT2D eigenvalue weighted by atomic mass is 9.82. The molecule has 1 aromatic heterocycles. The van der Waals surface area contributed by atoms with Gasteiger partial charge in [0.05, 0.1) is 18.6 Å². The van der Waals surface area contributed by atoms with Crippen LogP contribution in [-0.4, -0.2) is 47.0 Å². The molecule has 1 saturated heterocycles. The third-order valence-electron chi connectivity index (χ3n) is 6.32. The summed E-state index contributed by atoms with van der Waals surface area (Å²) in [5, 5.41) is 0.519. The molecule has 1 fully saturated rings. The van der Waals surface area contributed by atoms with Crippen molar-refractivity contribution in [1.29, 1.82) is 0 Å². The molecule has 0 atom stereocenters. The largest absolute Gasteiger partial charge is 0.486 e. The maximum absolute atomic E-state index is 12.8. The number of ketones is 1. The number of Topliss-reactive ketones (excluding diaryl/α,β-unsaturated/α-hetero) is 1. The van der Waals surface area contributed by atoms with Gasteiger partial charge in [0, 0.05) is 42.7 Å². The van der Waals surface area contributed by atoms with E-state index in [2.05, 4.69) is 9.88 Å². The van der Waals surface area contributed by atoms with Crippen molar-refractivity contribution in [3.8, 4) is 17.1 Å². The highest BCUT2D eigenvalue weighted by atomic mass is 35.5. The number of anilines is 1. The van der Waals surface area contributed by atoms with E-state index < -0.39 is 11.6 Å². The summed E-state index contributed by atoms with van der Waals surface area (Å²) in [5.41, 5.74) is 1.16. The van der Waals surface area contributed by atoms with Crippen molar-refractivity contribution in [2.75, 3.05) is 24.6 Å². The monoisotopic (exact) mass is 477 g/mol. The maximum atomic E-state index is 12.8. The second kappa shape index (κ2) is 9.06. The molecule has 3 heterocycles. The van der Waals surface area contributed by atoms with Crippen LogP contribution in [-0.2, 0) is 4.74 Å². The summed E-state index contributed by atoms with van der Waals surface area (Å²) in [5.74, 6) is 1.25. The molecule has 0 saturated carbocycles. The summed E-state index contributed by atoms with van der Waals surface area (Å²) in [6, 6.07) is 14.8. The number of carbonyl (C=O) groups excluding carboxylic acids is 2. The normalized spacial score (nSPS) is 16.6. The molecular formula is C26H24ClN3O4. The van der Waals surface area contributed by atoms with Gasteiger partial charge in [-0.1, -0.05) is 41.9 Å². The van der Waals surface area contributed by atoms with Gasteiger partial charge in [-0.05, 0) is 25.1 Å². The molecule has 5 rings (SSSR count). The van der Waals surface area contributed by atoms with Gasteiger partial charge >= 0.3 is 5.97 Å². The molecular weight excluding hydrogens is 454 g/mol.